The molecule has 100 valence electrons. The molecule has 1 heterocycles. The lowest BCUT2D eigenvalue weighted by Crippen LogP contribution is -2.10. The minimum Gasteiger partial charge on any atom is -0.338 e. The molecule has 0 amide bonds. The summed E-state index contributed by atoms with van der Waals surface area (Å²) in [7, 11) is 0. The first kappa shape index (κ1) is 13.6. The number of nitrogens with two attached hydrogens (primary N) is 1. The van der Waals surface area contributed by atoms with E-state index in [2.05, 4.69) is 20.7 Å². The minimum atomic E-state index is -0.336. The molecule has 2 aromatic rings. The summed E-state index contributed by atoms with van der Waals surface area (Å²) >= 11 is 1.38. The highest BCUT2D eigenvalue weighted by Crippen LogP contribution is 2.23. The highest BCUT2D eigenvalue weighted by atomic mass is 32.2. The number of aryl methyl sites for hydroxylation is 1. The van der Waals surface area contributed by atoms with Gasteiger partial charge in [-0.2, -0.15) is 0 Å². The molecule has 0 bridgehead atoms. The molecule has 0 unspecified atom stereocenters. The summed E-state index contributed by atoms with van der Waals surface area (Å²) in [6.07, 6.45) is 1.85. The molecule has 0 radical (unpaired) electrons. The van der Waals surface area contributed by atoms with E-state index in [4.69, 9.17) is 5.84 Å². The molecule has 0 aliphatic heterocycles. The van der Waals surface area contributed by atoms with Crippen LogP contribution in [-0.4, -0.2) is 16.2 Å². The van der Waals surface area contributed by atoms with Gasteiger partial charge < -0.3 is 10.7 Å². The van der Waals surface area contributed by atoms with Crippen molar-refractivity contribution in [1.29, 1.82) is 0 Å². The van der Waals surface area contributed by atoms with Crippen molar-refractivity contribution >= 4 is 29.1 Å². The van der Waals surface area contributed by atoms with Gasteiger partial charge in [-0.15, -0.1) is 0 Å². The average molecular weight is 279 g/mol. The minimum absolute atomic E-state index is 0.336. The van der Waals surface area contributed by atoms with Crippen molar-refractivity contribution in [2.75, 3.05) is 17.0 Å². The summed E-state index contributed by atoms with van der Waals surface area (Å²) in [5.74, 6) is 5.95. The monoisotopic (exact) mass is 279 g/mol. The zero-order valence-electron chi connectivity index (χ0n) is 10.6. The molecule has 0 aliphatic rings. The van der Waals surface area contributed by atoms with Crippen LogP contribution in [0.3, 0.4) is 0 Å². The van der Waals surface area contributed by atoms with Crippen LogP contribution in [0.1, 0.15) is 5.56 Å². The van der Waals surface area contributed by atoms with Crippen molar-refractivity contribution in [1.82, 2.24) is 9.97 Å². The van der Waals surface area contributed by atoms with E-state index in [0.29, 0.717) is 22.5 Å². The molecule has 0 saturated carbocycles. The van der Waals surface area contributed by atoms with Crippen LogP contribution in [0.2, 0.25) is 0 Å². The molecule has 1 aromatic carbocycles. The number of nitrogens with one attached hydrogen (secondary N) is 2. The average Bonchev–Trinajstić information content (AvgIpc) is 2.42. The molecule has 5 nitrogen and oxygen atoms in total. The Morgan fingerprint density at radius 1 is 1.21 bits per heavy atom. The van der Waals surface area contributed by atoms with Gasteiger partial charge in [0.2, 0.25) is 0 Å². The van der Waals surface area contributed by atoms with Gasteiger partial charge in [-0.3, -0.25) is 0 Å². The van der Waals surface area contributed by atoms with E-state index < -0.39 is 0 Å². The molecule has 19 heavy (non-hydrogen) atoms. The van der Waals surface area contributed by atoms with Gasteiger partial charge in [0.15, 0.2) is 5.16 Å². The Hall–Kier alpha value is -1.86. The Bertz CT molecular complexity index is 568. The second-order valence-electron chi connectivity index (χ2n) is 3.88. The van der Waals surface area contributed by atoms with Crippen LogP contribution in [0.25, 0.3) is 0 Å². The number of halogens is 1. The molecule has 0 atom stereocenters. The number of nitrogens with zero attached hydrogens (tertiary/aromatic N) is 2. The van der Waals surface area contributed by atoms with Gasteiger partial charge in [-0.1, -0.05) is 17.8 Å². The Kier molecular flexibility index (Phi) is 4.18. The zero-order chi connectivity index (χ0) is 13.8. The summed E-state index contributed by atoms with van der Waals surface area (Å²) in [6, 6.07) is 6.45. The van der Waals surface area contributed by atoms with E-state index in [1.54, 1.807) is 18.2 Å². The van der Waals surface area contributed by atoms with Gasteiger partial charge in [0.1, 0.15) is 17.5 Å². The van der Waals surface area contributed by atoms with Crippen LogP contribution in [0.4, 0.5) is 21.7 Å². The molecule has 0 aliphatic carbocycles. The van der Waals surface area contributed by atoms with Gasteiger partial charge in [0.05, 0.1) is 5.69 Å². The van der Waals surface area contributed by atoms with Crippen molar-refractivity contribution < 1.29 is 4.39 Å². The lowest BCUT2D eigenvalue weighted by atomic mass is 10.2. The lowest BCUT2D eigenvalue weighted by Gasteiger charge is -2.10. The molecule has 2 rings (SSSR count). The Balaban J connectivity index is 2.34. The molecule has 7 heteroatoms. The van der Waals surface area contributed by atoms with Gasteiger partial charge >= 0.3 is 0 Å². The van der Waals surface area contributed by atoms with Crippen molar-refractivity contribution in [2.45, 2.75) is 12.1 Å². The number of rotatable bonds is 4. The van der Waals surface area contributed by atoms with Crippen molar-refractivity contribution in [2.24, 2.45) is 5.84 Å². The fourth-order valence-electron chi connectivity index (χ4n) is 1.53. The van der Waals surface area contributed by atoms with E-state index in [9.17, 15) is 4.39 Å². The van der Waals surface area contributed by atoms with Crippen LogP contribution in [-0.2, 0) is 0 Å². The smallest absolute Gasteiger partial charge is 0.191 e. The van der Waals surface area contributed by atoms with Crippen LogP contribution in [0, 0.1) is 12.7 Å². The summed E-state index contributed by atoms with van der Waals surface area (Å²) in [4.78, 5) is 8.38. The van der Waals surface area contributed by atoms with Crippen LogP contribution >= 0.6 is 11.8 Å². The summed E-state index contributed by atoms with van der Waals surface area (Å²) in [5.41, 5.74) is 3.78. The third kappa shape index (κ3) is 3.33. The highest BCUT2D eigenvalue weighted by Gasteiger charge is 2.07. The van der Waals surface area contributed by atoms with Crippen molar-refractivity contribution in [3.8, 4) is 0 Å². The number of anilines is 3. The number of aromatic nitrogens is 2. The van der Waals surface area contributed by atoms with Gasteiger partial charge in [-0.25, -0.2) is 20.2 Å². The molecular weight excluding hydrogens is 265 g/mol. The van der Waals surface area contributed by atoms with E-state index in [1.807, 2.05) is 13.2 Å². The highest BCUT2D eigenvalue weighted by molar-refractivity contribution is 7.98. The number of hydrogen-bond acceptors (Lipinski definition) is 6. The van der Waals surface area contributed by atoms with Crippen molar-refractivity contribution in [3.05, 3.63) is 35.6 Å². The lowest BCUT2D eigenvalue weighted by molar-refractivity contribution is 0.631. The molecular formula is C12H14FN5S. The topological polar surface area (TPSA) is 75.9 Å². The van der Waals surface area contributed by atoms with E-state index in [0.717, 1.165) is 5.56 Å². The summed E-state index contributed by atoms with van der Waals surface area (Å²) < 4.78 is 13.7. The molecule has 0 spiro atoms. The number of nitrogen functional groups attached to an aromatic ring is 1. The predicted molar refractivity (Wildman–Crippen MR) is 76.0 cm³/mol. The predicted octanol–water partition coefficient (Wildman–Crippen LogP) is 2.68. The third-order valence-corrected chi connectivity index (χ3v) is 2.97. The van der Waals surface area contributed by atoms with E-state index >= 15 is 0 Å². The first-order valence-corrected chi connectivity index (χ1v) is 6.77. The number of benzene rings is 1. The number of thioether (sulfide) groups is 1. The van der Waals surface area contributed by atoms with Crippen LogP contribution in [0.15, 0.2) is 29.4 Å². The first-order chi connectivity index (χ1) is 9.12. The maximum Gasteiger partial charge on any atom is 0.191 e. The second kappa shape index (κ2) is 5.85. The largest absolute Gasteiger partial charge is 0.338 e. The van der Waals surface area contributed by atoms with E-state index in [1.165, 1.54) is 17.8 Å². The van der Waals surface area contributed by atoms with Gasteiger partial charge in [-0.05, 0) is 30.9 Å². The molecule has 1 aromatic heterocycles. The summed E-state index contributed by atoms with van der Waals surface area (Å²) in [5, 5.41) is 3.47. The quantitative estimate of drug-likeness (QED) is 0.346. The fraction of sp³-hybridized carbons (Fsp3) is 0.167. The molecule has 4 N–H and O–H groups in total. The Morgan fingerprint density at radius 2 is 1.95 bits per heavy atom. The maximum absolute atomic E-state index is 13.7. The standard InChI is InChI=1S/C12H14FN5S/c1-7-3-4-8(13)9(5-7)15-10-6-11(18-14)17-12(16-10)19-2/h3-6H,14H2,1-2H3,(H2,15,16,17,18). The normalized spacial score (nSPS) is 10.3. The van der Waals surface area contributed by atoms with Gasteiger partial charge in [0, 0.05) is 6.07 Å². The number of hydrogen-bond donors (Lipinski definition) is 3. The fourth-order valence-corrected chi connectivity index (χ4v) is 1.91. The first-order valence-electron chi connectivity index (χ1n) is 5.55. The summed E-state index contributed by atoms with van der Waals surface area (Å²) in [6.45, 7) is 1.89. The van der Waals surface area contributed by atoms with Gasteiger partial charge in [0.25, 0.3) is 0 Å². The van der Waals surface area contributed by atoms with Crippen molar-refractivity contribution in [3.63, 3.8) is 0 Å². The van der Waals surface area contributed by atoms with E-state index in [-0.39, 0.29) is 5.82 Å². The Morgan fingerprint density at radius 3 is 2.63 bits per heavy atom. The second-order valence-corrected chi connectivity index (χ2v) is 4.65. The maximum atomic E-state index is 13.7. The van der Waals surface area contributed by atoms with Crippen LogP contribution in [0.5, 0.6) is 0 Å². The molecule has 0 saturated heterocycles. The number of hydrazine groups is 1. The SMILES string of the molecule is CSc1nc(NN)cc(Nc2cc(C)ccc2F)n1. The third-order valence-electron chi connectivity index (χ3n) is 2.42. The molecule has 0 fully saturated rings. The Labute approximate surface area is 114 Å². The zero-order valence-corrected chi connectivity index (χ0v) is 11.4. The van der Waals surface area contributed by atoms with Crippen LogP contribution < -0.4 is 16.6 Å².